The minimum atomic E-state index is 0.229. The van der Waals surface area contributed by atoms with E-state index in [0.29, 0.717) is 10.9 Å². The summed E-state index contributed by atoms with van der Waals surface area (Å²) in [4.78, 5) is 4.02. The summed E-state index contributed by atoms with van der Waals surface area (Å²) in [6.45, 7) is 0. The van der Waals surface area contributed by atoms with Crippen molar-refractivity contribution in [3.63, 3.8) is 0 Å². The summed E-state index contributed by atoms with van der Waals surface area (Å²) in [5.74, 6) is 0.617. The SMILES string of the molecule is NC(CCl)=Nc1cccc(Cl)c1. The minimum Gasteiger partial charge on any atom is -0.386 e. The van der Waals surface area contributed by atoms with Crippen LogP contribution in [0.15, 0.2) is 29.3 Å². The van der Waals surface area contributed by atoms with Crippen LogP contribution in [0, 0.1) is 0 Å². The summed E-state index contributed by atoms with van der Waals surface area (Å²) in [5.41, 5.74) is 6.15. The predicted octanol–water partition coefficient (Wildman–Crippen LogP) is 2.57. The number of hydrogen-bond acceptors (Lipinski definition) is 1. The molecule has 0 aliphatic heterocycles. The highest BCUT2D eigenvalue weighted by Gasteiger charge is 1.92. The molecular weight excluding hydrogens is 195 g/mol. The highest BCUT2D eigenvalue weighted by Crippen LogP contribution is 2.17. The van der Waals surface area contributed by atoms with Crippen molar-refractivity contribution in [1.29, 1.82) is 0 Å². The van der Waals surface area contributed by atoms with Crippen LogP contribution in [0.2, 0.25) is 5.02 Å². The zero-order chi connectivity index (χ0) is 8.97. The molecule has 0 bridgehead atoms. The largest absolute Gasteiger partial charge is 0.386 e. The number of aliphatic imine (C=N–C) groups is 1. The quantitative estimate of drug-likeness (QED) is 0.447. The van der Waals surface area contributed by atoms with Gasteiger partial charge >= 0.3 is 0 Å². The van der Waals surface area contributed by atoms with Gasteiger partial charge in [-0.15, -0.1) is 11.6 Å². The molecule has 0 fully saturated rings. The van der Waals surface area contributed by atoms with E-state index in [9.17, 15) is 0 Å². The molecule has 0 aromatic heterocycles. The molecule has 1 aromatic carbocycles. The first-order valence-electron chi connectivity index (χ1n) is 3.37. The number of rotatable bonds is 2. The van der Waals surface area contributed by atoms with E-state index in [1.54, 1.807) is 12.1 Å². The van der Waals surface area contributed by atoms with E-state index >= 15 is 0 Å². The summed E-state index contributed by atoms with van der Waals surface area (Å²) in [6, 6.07) is 7.12. The third kappa shape index (κ3) is 2.72. The van der Waals surface area contributed by atoms with Crippen molar-refractivity contribution in [3.8, 4) is 0 Å². The summed E-state index contributed by atoms with van der Waals surface area (Å²) >= 11 is 11.2. The zero-order valence-corrected chi connectivity index (χ0v) is 7.81. The van der Waals surface area contributed by atoms with E-state index < -0.39 is 0 Å². The van der Waals surface area contributed by atoms with E-state index in [4.69, 9.17) is 28.9 Å². The van der Waals surface area contributed by atoms with E-state index in [0.717, 1.165) is 5.69 Å². The lowest BCUT2D eigenvalue weighted by molar-refractivity contribution is 1.45. The Morgan fingerprint density at radius 2 is 2.25 bits per heavy atom. The van der Waals surface area contributed by atoms with Gasteiger partial charge in [-0.05, 0) is 18.2 Å². The molecule has 1 rings (SSSR count). The average Bonchev–Trinajstić information content (AvgIpc) is 2.04. The van der Waals surface area contributed by atoms with Crippen LogP contribution in [0.5, 0.6) is 0 Å². The van der Waals surface area contributed by atoms with Gasteiger partial charge in [0.1, 0.15) is 5.84 Å². The second-order valence-electron chi connectivity index (χ2n) is 2.22. The Bertz CT molecular complexity index is 297. The van der Waals surface area contributed by atoms with Crippen molar-refractivity contribution in [1.82, 2.24) is 0 Å². The van der Waals surface area contributed by atoms with Gasteiger partial charge in [0.15, 0.2) is 0 Å². The van der Waals surface area contributed by atoms with Gasteiger partial charge in [0.05, 0.1) is 11.6 Å². The van der Waals surface area contributed by atoms with Gasteiger partial charge in [-0.1, -0.05) is 17.7 Å². The summed E-state index contributed by atoms with van der Waals surface area (Å²) < 4.78 is 0. The number of amidine groups is 1. The zero-order valence-electron chi connectivity index (χ0n) is 6.30. The van der Waals surface area contributed by atoms with Gasteiger partial charge in [-0.3, -0.25) is 0 Å². The highest BCUT2D eigenvalue weighted by molar-refractivity contribution is 6.31. The molecule has 0 radical (unpaired) electrons. The number of nitrogens with zero attached hydrogens (tertiary/aromatic N) is 1. The first kappa shape index (κ1) is 9.36. The van der Waals surface area contributed by atoms with Gasteiger partial charge in [-0.25, -0.2) is 4.99 Å². The lowest BCUT2D eigenvalue weighted by Gasteiger charge is -1.95. The third-order valence-corrected chi connectivity index (χ3v) is 1.73. The van der Waals surface area contributed by atoms with Crippen LogP contribution in [-0.2, 0) is 0 Å². The number of benzene rings is 1. The normalized spacial score (nSPS) is 11.7. The minimum absolute atomic E-state index is 0.229. The molecule has 0 heterocycles. The van der Waals surface area contributed by atoms with Crippen LogP contribution in [0.3, 0.4) is 0 Å². The van der Waals surface area contributed by atoms with Crippen molar-refractivity contribution in [2.24, 2.45) is 10.7 Å². The molecule has 0 aliphatic carbocycles. The van der Waals surface area contributed by atoms with Crippen molar-refractivity contribution < 1.29 is 0 Å². The maximum absolute atomic E-state index is 5.73. The first-order valence-corrected chi connectivity index (χ1v) is 4.28. The molecular formula is C8H8Cl2N2. The molecule has 0 atom stereocenters. The molecule has 12 heavy (non-hydrogen) atoms. The van der Waals surface area contributed by atoms with Gasteiger partial charge < -0.3 is 5.73 Å². The fourth-order valence-corrected chi connectivity index (χ4v) is 0.986. The molecule has 0 saturated heterocycles. The van der Waals surface area contributed by atoms with Crippen LogP contribution >= 0.6 is 23.2 Å². The standard InChI is InChI=1S/C8H8Cl2N2/c9-5-8(11)12-7-3-1-2-6(10)4-7/h1-4H,5H2,(H2,11,12). The number of nitrogens with two attached hydrogens (primary N) is 1. The topological polar surface area (TPSA) is 38.4 Å². The van der Waals surface area contributed by atoms with Crippen LogP contribution in [0.1, 0.15) is 0 Å². The Labute approximate surface area is 81.0 Å². The van der Waals surface area contributed by atoms with E-state index in [1.807, 2.05) is 12.1 Å². The monoisotopic (exact) mass is 202 g/mol. The lowest BCUT2D eigenvalue weighted by atomic mass is 10.3. The molecule has 0 aliphatic rings. The Morgan fingerprint density at radius 3 is 2.83 bits per heavy atom. The Hall–Kier alpha value is -0.730. The number of hydrogen-bond donors (Lipinski definition) is 1. The third-order valence-electron chi connectivity index (χ3n) is 1.22. The molecule has 1 aromatic rings. The Balaban J connectivity index is 2.89. The van der Waals surface area contributed by atoms with Gasteiger partial charge in [-0.2, -0.15) is 0 Å². The average molecular weight is 203 g/mol. The molecule has 64 valence electrons. The Morgan fingerprint density at radius 1 is 1.50 bits per heavy atom. The number of halogens is 2. The molecule has 0 spiro atoms. The smallest absolute Gasteiger partial charge is 0.115 e. The first-order chi connectivity index (χ1) is 5.72. The maximum atomic E-state index is 5.73. The summed E-state index contributed by atoms with van der Waals surface area (Å²) in [6.07, 6.45) is 0. The van der Waals surface area contributed by atoms with Crippen LogP contribution in [-0.4, -0.2) is 11.7 Å². The summed E-state index contributed by atoms with van der Waals surface area (Å²) in [7, 11) is 0. The van der Waals surface area contributed by atoms with Crippen LogP contribution < -0.4 is 5.73 Å². The molecule has 0 unspecified atom stereocenters. The van der Waals surface area contributed by atoms with Crippen LogP contribution in [0.25, 0.3) is 0 Å². The maximum Gasteiger partial charge on any atom is 0.115 e. The predicted molar refractivity (Wildman–Crippen MR) is 53.5 cm³/mol. The van der Waals surface area contributed by atoms with Crippen molar-refractivity contribution in [2.75, 3.05) is 5.88 Å². The fraction of sp³-hybridized carbons (Fsp3) is 0.125. The van der Waals surface area contributed by atoms with Gasteiger partial charge in [0.2, 0.25) is 0 Å². The van der Waals surface area contributed by atoms with E-state index in [2.05, 4.69) is 4.99 Å². The van der Waals surface area contributed by atoms with Gasteiger partial charge in [0, 0.05) is 5.02 Å². The Kier molecular flexibility index (Phi) is 3.38. The fourth-order valence-electron chi connectivity index (χ4n) is 0.741. The van der Waals surface area contributed by atoms with Crippen molar-refractivity contribution in [3.05, 3.63) is 29.3 Å². The van der Waals surface area contributed by atoms with Crippen LogP contribution in [0.4, 0.5) is 5.69 Å². The molecule has 4 heteroatoms. The van der Waals surface area contributed by atoms with E-state index in [1.165, 1.54) is 0 Å². The van der Waals surface area contributed by atoms with E-state index in [-0.39, 0.29) is 5.88 Å². The van der Waals surface area contributed by atoms with Crippen molar-refractivity contribution >= 4 is 34.7 Å². The second-order valence-corrected chi connectivity index (χ2v) is 2.92. The summed E-state index contributed by atoms with van der Waals surface area (Å²) in [5, 5.41) is 0.638. The molecule has 0 amide bonds. The molecule has 2 N–H and O–H groups in total. The highest BCUT2D eigenvalue weighted by atomic mass is 35.5. The molecule has 0 saturated carbocycles. The lowest BCUT2D eigenvalue weighted by Crippen LogP contribution is -2.12. The number of alkyl halides is 1. The molecule has 2 nitrogen and oxygen atoms in total. The van der Waals surface area contributed by atoms with Gasteiger partial charge in [0.25, 0.3) is 0 Å². The van der Waals surface area contributed by atoms with Crippen molar-refractivity contribution in [2.45, 2.75) is 0 Å². The second kappa shape index (κ2) is 4.33.